The van der Waals surface area contributed by atoms with Crippen LogP contribution in [0.3, 0.4) is 0 Å². The first-order valence-corrected chi connectivity index (χ1v) is 10.4. The fourth-order valence-corrected chi connectivity index (χ4v) is 2.72. The minimum atomic E-state index is -0.483. The van der Waals surface area contributed by atoms with Gasteiger partial charge in [0.1, 0.15) is 5.60 Å². The number of hydrogen-bond donors (Lipinski definition) is 3. The Morgan fingerprint density at radius 1 is 1.13 bits per heavy atom. The standard InChI is InChI=1S/C22H34N6O2/c1-5-23-20(24-11-7-12-25-21(29)30-22(2,3)4)26-16-18-9-6-10-19(15-18)17-28-14-8-13-27-28/h6,8-10,13-15H,5,7,11-12,16-17H2,1-4H3,(H,25,29)(H2,23,24,26). The van der Waals surface area contributed by atoms with Crippen LogP contribution in [0.5, 0.6) is 0 Å². The maximum Gasteiger partial charge on any atom is 0.407 e. The van der Waals surface area contributed by atoms with Crippen LogP contribution < -0.4 is 16.0 Å². The number of nitrogens with zero attached hydrogens (tertiary/aromatic N) is 3. The van der Waals surface area contributed by atoms with Gasteiger partial charge in [0.25, 0.3) is 0 Å². The molecule has 8 nitrogen and oxygen atoms in total. The average molecular weight is 415 g/mol. The molecule has 0 saturated carbocycles. The summed E-state index contributed by atoms with van der Waals surface area (Å²) < 4.78 is 7.12. The Hall–Kier alpha value is -3.03. The van der Waals surface area contributed by atoms with Crippen LogP contribution in [-0.2, 0) is 17.8 Å². The van der Waals surface area contributed by atoms with E-state index >= 15 is 0 Å². The van der Waals surface area contributed by atoms with E-state index in [-0.39, 0.29) is 0 Å². The van der Waals surface area contributed by atoms with Crippen LogP contribution in [-0.4, -0.2) is 47.1 Å². The summed E-state index contributed by atoms with van der Waals surface area (Å²) in [4.78, 5) is 16.3. The number of nitrogens with one attached hydrogen (secondary N) is 3. The third-order valence-electron chi connectivity index (χ3n) is 3.97. The lowest BCUT2D eigenvalue weighted by atomic mass is 10.1. The van der Waals surface area contributed by atoms with E-state index in [0.717, 1.165) is 31.0 Å². The largest absolute Gasteiger partial charge is 0.444 e. The van der Waals surface area contributed by atoms with E-state index in [1.807, 2.05) is 50.7 Å². The highest BCUT2D eigenvalue weighted by molar-refractivity contribution is 5.79. The lowest BCUT2D eigenvalue weighted by Crippen LogP contribution is -2.39. The molecule has 2 aromatic rings. The van der Waals surface area contributed by atoms with Gasteiger partial charge in [0, 0.05) is 32.0 Å². The predicted molar refractivity (Wildman–Crippen MR) is 119 cm³/mol. The molecule has 2 rings (SSSR count). The first-order chi connectivity index (χ1) is 14.4. The second kappa shape index (κ2) is 11.8. The zero-order valence-corrected chi connectivity index (χ0v) is 18.4. The molecule has 0 atom stereocenters. The minimum Gasteiger partial charge on any atom is -0.444 e. The van der Waals surface area contributed by atoms with Crippen molar-refractivity contribution >= 4 is 12.1 Å². The molecule has 1 aromatic heterocycles. The number of alkyl carbamates (subject to hydrolysis) is 1. The monoisotopic (exact) mass is 414 g/mol. The first-order valence-electron chi connectivity index (χ1n) is 10.4. The maximum absolute atomic E-state index is 11.6. The molecule has 0 aliphatic carbocycles. The van der Waals surface area contributed by atoms with Gasteiger partial charge in [-0.3, -0.25) is 4.68 Å². The van der Waals surface area contributed by atoms with Gasteiger partial charge < -0.3 is 20.7 Å². The smallest absolute Gasteiger partial charge is 0.407 e. The Balaban J connectivity index is 1.78. The Bertz CT molecular complexity index is 796. The topological polar surface area (TPSA) is 92.6 Å². The molecule has 0 aliphatic rings. The molecule has 3 N–H and O–H groups in total. The molecule has 1 aromatic carbocycles. The predicted octanol–water partition coefficient (Wildman–Crippen LogP) is 2.90. The number of hydrogen-bond acceptors (Lipinski definition) is 4. The van der Waals surface area contributed by atoms with Crippen molar-refractivity contribution in [3.63, 3.8) is 0 Å². The van der Waals surface area contributed by atoms with Gasteiger partial charge in [-0.15, -0.1) is 0 Å². The summed E-state index contributed by atoms with van der Waals surface area (Å²) in [5, 5.41) is 13.6. The van der Waals surface area contributed by atoms with Gasteiger partial charge in [-0.2, -0.15) is 5.10 Å². The molecule has 8 heteroatoms. The maximum atomic E-state index is 11.6. The van der Waals surface area contributed by atoms with E-state index in [4.69, 9.17) is 4.74 Å². The molecule has 0 radical (unpaired) electrons. The highest BCUT2D eigenvalue weighted by atomic mass is 16.6. The molecular weight excluding hydrogens is 380 g/mol. The molecule has 1 amide bonds. The number of rotatable bonds is 9. The highest BCUT2D eigenvalue weighted by Gasteiger charge is 2.15. The van der Waals surface area contributed by atoms with Crippen LogP contribution in [0, 0.1) is 0 Å². The Labute approximate surface area is 179 Å². The van der Waals surface area contributed by atoms with E-state index in [9.17, 15) is 4.79 Å². The van der Waals surface area contributed by atoms with E-state index in [0.29, 0.717) is 19.6 Å². The second-order valence-corrected chi connectivity index (χ2v) is 7.93. The molecule has 1 heterocycles. The lowest BCUT2D eigenvalue weighted by Gasteiger charge is -2.19. The summed E-state index contributed by atoms with van der Waals surface area (Å²) in [6.45, 7) is 10.9. The quantitative estimate of drug-likeness (QED) is 0.333. The van der Waals surface area contributed by atoms with Crippen molar-refractivity contribution in [1.82, 2.24) is 25.7 Å². The van der Waals surface area contributed by atoms with Crippen molar-refractivity contribution in [2.45, 2.75) is 52.8 Å². The van der Waals surface area contributed by atoms with Gasteiger partial charge in [-0.05, 0) is 51.3 Å². The van der Waals surface area contributed by atoms with Crippen LogP contribution in [0.25, 0.3) is 0 Å². The highest BCUT2D eigenvalue weighted by Crippen LogP contribution is 2.08. The molecule has 0 unspecified atom stereocenters. The minimum absolute atomic E-state index is 0.391. The van der Waals surface area contributed by atoms with Gasteiger partial charge in [-0.1, -0.05) is 24.3 Å². The van der Waals surface area contributed by atoms with Crippen molar-refractivity contribution in [3.8, 4) is 0 Å². The van der Waals surface area contributed by atoms with Gasteiger partial charge in [0.15, 0.2) is 5.96 Å². The van der Waals surface area contributed by atoms with E-state index < -0.39 is 11.7 Å². The zero-order valence-electron chi connectivity index (χ0n) is 18.4. The molecular formula is C22H34N6O2. The summed E-state index contributed by atoms with van der Waals surface area (Å²) in [7, 11) is 0. The van der Waals surface area contributed by atoms with Crippen LogP contribution in [0.2, 0.25) is 0 Å². The SMILES string of the molecule is CCNC(=NCc1cccc(Cn2cccn2)c1)NCCCNC(=O)OC(C)(C)C. The van der Waals surface area contributed by atoms with E-state index in [1.54, 1.807) is 6.20 Å². The number of benzene rings is 1. The third kappa shape index (κ3) is 9.45. The van der Waals surface area contributed by atoms with Crippen LogP contribution >= 0.6 is 0 Å². The van der Waals surface area contributed by atoms with Gasteiger partial charge in [-0.25, -0.2) is 9.79 Å². The summed E-state index contributed by atoms with van der Waals surface area (Å²) in [6, 6.07) is 10.3. The second-order valence-electron chi connectivity index (χ2n) is 7.93. The number of guanidine groups is 1. The normalized spacial score (nSPS) is 11.8. The summed E-state index contributed by atoms with van der Waals surface area (Å²) >= 11 is 0. The average Bonchev–Trinajstić information content (AvgIpc) is 3.17. The van der Waals surface area contributed by atoms with Crippen molar-refractivity contribution in [2.75, 3.05) is 19.6 Å². The van der Waals surface area contributed by atoms with E-state index in [2.05, 4.69) is 44.2 Å². The van der Waals surface area contributed by atoms with Crippen LogP contribution in [0.15, 0.2) is 47.7 Å². The number of ether oxygens (including phenoxy) is 1. The lowest BCUT2D eigenvalue weighted by molar-refractivity contribution is 0.0527. The summed E-state index contributed by atoms with van der Waals surface area (Å²) in [5.41, 5.74) is 1.85. The number of amides is 1. The number of aliphatic imine (C=N–C) groups is 1. The number of aromatic nitrogens is 2. The third-order valence-corrected chi connectivity index (χ3v) is 3.97. The fourth-order valence-electron chi connectivity index (χ4n) is 2.72. The van der Waals surface area contributed by atoms with Gasteiger partial charge in [0.2, 0.25) is 0 Å². The molecule has 0 fully saturated rings. The summed E-state index contributed by atoms with van der Waals surface area (Å²) in [5.74, 6) is 0.757. The molecule has 0 spiro atoms. The fraction of sp³-hybridized carbons (Fsp3) is 0.500. The first kappa shape index (κ1) is 23.3. The Morgan fingerprint density at radius 2 is 1.90 bits per heavy atom. The number of carbonyl (C=O) groups excluding carboxylic acids is 1. The van der Waals surface area contributed by atoms with Crippen LogP contribution in [0.1, 0.15) is 45.2 Å². The Kier molecular flexibility index (Phi) is 9.18. The summed E-state index contributed by atoms with van der Waals surface area (Å²) in [6.07, 6.45) is 4.11. The number of carbonyl (C=O) groups is 1. The van der Waals surface area contributed by atoms with Crippen molar-refractivity contribution in [2.24, 2.45) is 4.99 Å². The molecule has 30 heavy (non-hydrogen) atoms. The molecule has 0 aliphatic heterocycles. The van der Waals surface area contributed by atoms with Crippen molar-refractivity contribution < 1.29 is 9.53 Å². The van der Waals surface area contributed by atoms with Crippen molar-refractivity contribution in [3.05, 3.63) is 53.9 Å². The molecule has 0 bridgehead atoms. The van der Waals surface area contributed by atoms with Gasteiger partial charge in [0.05, 0.1) is 13.1 Å². The molecule has 164 valence electrons. The zero-order chi connectivity index (χ0) is 21.8. The van der Waals surface area contributed by atoms with Crippen LogP contribution in [0.4, 0.5) is 4.79 Å². The van der Waals surface area contributed by atoms with Gasteiger partial charge >= 0.3 is 6.09 Å². The van der Waals surface area contributed by atoms with E-state index in [1.165, 1.54) is 5.56 Å². The Morgan fingerprint density at radius 3 is 2.60 bits per heavy atom. The molecule has 0 saturated heterocycles. The van der Waals surface area contributed by atoms with Crippen molar-refractivity contribution in [1.29, 1.82) is 0 Å².